The van der Waals surface area contributed by atoms with Gasteiger partial charge in [0.25, 0.3) is 0 Å². The van der Waals surface area contributed by atoms with Crippen molar-refractivity contribution in [2.75, 3.05) is 20.7 Å². The molecular formula is C11H18N2O3S. The Bertz CT molecular complexity index is 340. The number of rotatable bonds is 6. The van der Waals surface area contributed by atoms with Crippen LogP contribution in [-0.4, -0.2) is 42.5 Å². The van der Waals surface area contributed by atoms with Crippen molar-refractivity contribution in [3.63, 3.8) is 0 Å². The molecule has 6 heteroatoms. The van der Waals surface area contributed by atoms with Crippen molar-refractivity contribution in [2.24, 2.45) is 11.1 Å². The van der Waals surface area contributed by atoms with E-state index in [1.807, 2.05) is 0 Å². The minimum absolute atomic E-state index is 0.0325. The van der Waals surface area contributed by atoms with Gasteiger partial charge in [0.05, 0.1) is 17.5 Å². The molecule has 0 bridgehead atoms. The maximum absolute atomic E-state index is 12.1. The van der Waals surface area contributed by atoms with Crippen molar-refractivity contribution in [3.8, 4) is 0 Å². The number of ether oxygens (including phenoxy) is 1. The van der Waals surface area contributed by atoms with Crippen LogP contribution >= 0.6 is 12.2 Å². The van der Waals surface area contributed by atoms with Crippen LogP contribution in [0.5, 0.6) is 0 Å². The van der Waals surface area contributed by atoms with E-state index >= 15 is 0 Å². The number of methoxy groups -OCH3 is 1. The Morgan fingerprint density at radius 3 is 2.47 bits per heavy atom. The zero-order chi connectivity index (χ0) is 13.1. The molecule has 0 radical (unpaired) electrons. The summed E-state index contributed by atoms with van der Waals surface area (Å²) in [5.74, 6) is -0.295. The largest absolute Gasteiger partial charge is 0.469 e. The molecule has 1 aliphatic rings. The first kappa shape index (κ1) is 13.9. The van der Waals surface area contributed by atoms with E-state index in [0.717, 1.165) is 12.8 Å². The average molecular weight is 258 g/mol. The van der Waals surface area contributed by atoms with Gasteiger partial charge in [0.15, 0.2) is 0 Å². The summed E-state index contributed by atoms with van der Waals surface area (Å²) < 4.78 is 4.53. The fourth-order valence-electron chi connectivity index (χ4n) is 1.72. The molecule has 0 heterocycles. The summed E-state index contributed by atoms with van der Waals surface area (Å²) in [4.78, 5) is 24.8. The van der Waals surface area contributed by atoms with Crippen LogP contribution in [0.2, 0.25) is 0 Å². The maximum atomic E-state index is 12.1. The van der Waals surface area contributed by atoms with E-state index in [-0.39, 0.29) is 16.9 Å². The predicted octanol–water partition coefficient (Wildman–Crippen LogP) is 0.464. The Hall–Kier alpha value is -1.17. The molecule has 0 aromatic carbocycles. The fourth-order valence-corrected chi connectivity index (χ4v) is 2.01. The third kappa shape index (κ3) is 3.15. The number of carbonyl (C=O) groups is 2. The lowest BCUT2D eigenvalue weighted by molar-refractivity contribution is -0.141. The first-order valence-electron chi connectivity index (χ1n) is 5.56. The molecule has 0 aromatic rings. The predicted molar refractivity (Wildman–Crippen MR) is 67.3 cm³/mol. The number of thiocarbonyl (C=S) groups is 1. The molecule has 5 nitrogen and oxygen atoms in total. The van der Waals surface area contributed by atoms with Gasteiger partial charge >= 0.3 is 5.97 Å². The molecule has 1 fully saturated rings. The van der Waals surface area contributed by atoms with Crippen molar-refractivity contribution in [1.82, 2.24) is 4.90 Å². The van der Waals surface area contributed by atoms with E-state index in [4.69, 9.17) is 18.0 Å². The van der Waals surface area contributed by atoms with Gasteiger partial charge in [-0.2, -0.15) is 0 Å². The van der Waals surface area contributed by atoms with Gasteiger partial charge in [0, 0.05) is 20.0 Å². The second kappa shape index (κ2) is 5.44. The van der Waals surface area contributed by atoms with Gasteiger partial charge in [-0.1, -0.05) is 12.2 Å². The third-order valence-electron chi connectivity index (χ3n) is 3.08. The molecule has 2 N–H and O–H groups in total. The molecule has 0 saturated heterocycles. The van der Waals surface area contributed by atoms with Crippen LogP contribution in [0.25, 0.3) is 0 Å². The van der Waals surface area contributed by atoms with Gasteiger partial charge in [0.2, 0.25) is 5.91 Å². The molecule has 1 rings (SSSR count). The summed E-state index contributed by atoms with van der Waals surface area (Å²) in [5.41, 5.74) is 4.98. The van der Waals surface area contributed by atoms with Crippen LogP contribution < -0.4 is 5.73 Å². The minimum Gasteiger partial charge on any atom is -0.469 e. The molecular weight excluding hydrogens is 240 g/mol. The summed E-state index contributed by atoms with van der Waals surface area (Å²) in [6.07, 6.45) is 2.38. The van der Waals surface area contributed by atoms with Gasteiger partial charge in [-0.25, -0.2) is 0 Å². The highest BCUT2D eigenvalue weighted by Gasteiger charge is 2.53. The third-order valence-corrected chi connectivity index (χ3v) is 3.47. The van der Waals surface area contributed by atoms with Gasteiger partial charge in [-0.05, 0) is 19.3 Å². The Morgan fingerprint density at radius 2 is 2.06 bits per heavy atom. The maximum Gasteiger partial charge on any atom is 0.305 e. The summed E-state index contributed by atoms with van der Waals surface area (Å²) in [6.45, 7) is 0.512. The first-order chi connectivity index (χ1) is 7.94. The van der Waals surface area contributed by atoms with Crippen molar-refractivity contribution >= 4 is 29.1 Å². The van der Waals surface area contributed by atoms with Crippen molar-refractivity contribution < 1.29 is 14.3 Å². The highest BCUT2D eigenvalue weighted by Crippen LogP contribution is 2.47. The molecule has 1 saturated carbocycles. The average Bonchev–Trinajstić information content (AvgIpc) is 3.08. The molecule has 0 atom stereocenters. The highest BCUT2D eigenvalue weighted by atomic mass is 32.1. The summed E-state index contributed by atoms with van der Waals surface area (Å²) in [7, 11) is 3.06. The zero-order valence-corrected chi connectivity index (χ0v) is 11.0. The first-order valence-corrected chi connectivity index (χ1v) is 5.97. The quantitative estimate of drug-likeness (QED) is 0.553. The van der Waals surface area contributed by atoms with Gasteiger partial charge < -0.3 is 15.4 Å². The SMILES string of the molecule is COC(=O)CCCN(C)C(=O)C1(C(N)=S)CC1. The van der Waals surface area contributed by atoms with Crippen LogP contribution in [0, 0.1) is 5.41 Å². The number of hydrogen-bond donors (Lipinski definition) is 1. The molecule has 96 valence electrons. The monoisotopic (exact) mass is 258 g/mol. The van der Waals surface area contributed by atoms with Crippen LogP contribution in [-0.2, 0) is 14.3 Å². The summed E-state index contributed by atoms with van der Waals surface area (Å²) >= 11 is 4.92. The van der Waals surface area contributed by atoms with Crippen LogP contribution in [0.15, 0.2) is 0 Å². The Morgan fingerprint density at radius 1 is 1.47 bits per heavy atom. The van der Waals surface area contributed by atoms with Crippen LogP contribution in [0.4, 0.5) is 0 Å². The lowest BCUT2D eigenvalue weighted by atomic mass is 10.1. The smallest absolute Gasteiger partial charge is 0.305 e. The Labute approximate surface area is 106 Å². The topological polar surface area (TPSA) is 72.6 Å². The van der Waals surface area contributed by atoms with Crippen molar-refractivity contribution in [1.29, 1.82) is 0 Å². The molecule has 1 amide bonds. The second-order valence-electron chi connectivity index (χ2n) is 4.35. The molecule has 1 aliphatic carbocycles. The number of hydrogen-bond acceptors (Lipinski definition) is 4. The Balaban J connectivity index is 2.38. The van der Waals surface area contributed by atoms with Crippen LogP contribution in [0.1, 0.15) is 25.7 Å². The van der Waals surface area contributed by atoms with E-state index < -0.39 is 5.41 Å². The molecule has 0 aromatic heterocycles. The molecule has 0 spiro atoms. The zero-order valence-electron chi connectivity index (χ0n) is 10.2. The van der Waals surface area contributed by atoms with Crippen LogP contribution in [0.3, 0.4) is 0 Å². The van der Waals surface area contributed by atoms with E-state index in [9.17, 15) is 9.59 Å². The lowest BCUT2D eigenvalue weighted by Gasteiger charge is -2.22. The van der Waals surface area contributed by atoms with Crippen molar-refractivity contribution in [2.45, 2.75) is 25.7 Å². The van der Waals surface area contributed by atoms with E-state index in [1.54, 1.807) is 11.9 Å². The normalized spacial score (nSPS) is 16.1. The van der Waals surface area contributed by atoms with E-state index in [1.165, 1.54) is 7.11 Å². The number of nitrogens with two attached hydrogens (primary N) is 1. The standard InChI is InChI=1S/C11H18N2O3S/c1-13(7-3-4-8(14)16-2)10(15)11(5-6-11)9(12)17/h3-7H2,1-2H3,(H2,12,17). The second-order valence-corrected chi connectivity index (χ2v) is 4.79. The summed E-state index contributed by atoms with van der Waals surface area (Å²) in [6, 6.07) is 0. The van der Waals surface area contributed by atoms with Gasteiger partial charge in [-0.3, -0.25) is 9.59 Å². The van der Waals surface area contributed by atoms with E-state index in [0.29, 0.717) is 19.4 Å². The molecule has 0 unspecified atom stereocenters. The number of amides is 1. The van der Waals surface area contributed by atoms with Crippen molar-refractivity contribution in [3.05, 3.63) is 0 Å². The molecule has 17 heavy (non-hydrogen) atoms. The minimum atomic E-state index is -0.602. The number of nitrogens with zero attached hydrogens (tertiary/aromatic N) is 1. The number of carbonyl (C=O) groups excluding carboxylic acids is 2. The summed E-state index contributed by atoms with van der Waals surface area (Å²) in [5, 5.41) is 0. The van der Waals surface area contributed by atoms with Gasteiger partial charge in [0.1, 0.15) is 0 Å². The van der Waals surface area contributed by atoms with Gasteiger partial charge in [-0.15, -0.1) is 0 Å². The highest BCUT2D eigenvalue weighted by molar-refractivity contribution is 7.80. The molecule has 0 aliphatic heterocycles. The Kier molecular flexibility index (Phi) is 4.45. The lowest BCUT2D eigenvalue weighted by Crippen LogP contribution is -2.41. The van der Waals surface area contributed by atoms with E-state index in [2.05, 4.69) is 4.74 Å². The fraction of sp³-hybridized carbons (Fsp3) is 0.727. The number of esters is 1.